The van der Waals surface area contributed by atoms with Crippen molar-refractivity contribution in [2.45, 2.75) is 0 Å². The fourth-order valence-electron chi connectivity index (χ4n) is 2.16. The molecule has 0 unspecified atom stereocenters. The summed E-state index contributed by atoms with van der Waals surface area (Å²) < 4.78 is 0.723. The van der Waals surface area contributed by atoms with E-state index in [-0.39, 0.29) is 11.3 Å². The minimum atomic E-state index is -0.604. The van der Waals surface area contributed by atoms with E-state index < -0.39 is 11.8 Å². The largest absolute Gasteiger partial charge is 0.507 e. The predicted molar refractivity (Wildman–Crippen MR) is 89.0 cm³/mol. The maximum atomic E-state index is 12.1. The van der Waals surface area contributed by atoms with Gasteiger partial charge in [-0.25, -0.2) is 0 Å². The number of aromatic hydroxyl groups is 1. The fraction of sp³-hybridized carbons (Fsp3) is 0. The van der Waals surface area contributed by atoms with E-state index in [2.05, 4.69) is 31.8 Å². The van der Waals surface area contributed by atoms with Crippen molar-refractivity contribution in [1.82, 2.24) is 15.8 Å². The number of hydrogen-bond donors (Lipinski definition) is 4. The van der Waals surface area contributed by atoms with Crippen molar-refractivity contribution >= 4 is 38.5 Å². The summed E-state index contributed by atoms with van der Waals surface area (Å²) in [6.07, 6.45) is 1.60. The Balaban J connectivity index is 1.75. The van der Waals surface area contributed by atoms with Crippen molar-refractivity contribution in [1.29, 1.82) is 0 Å². The SMILES string of the molecule is O=C(NNC(=O)c1cc2ccccc2cc1O)c1cc(Br)c[nH]1. The number of carbonyl (C=O) groups excluding carboxylic acids is 2. The molecule has 6 nitrogen and oxygen atoms in total. The van der Waals surface area contributed by atoms with Crippen LogP contribution in [0.5, 0.6) is 5.75 Å². The Morgan fingerprint density at radius 1 is 1.00 bits per heavy atom. The van der Waals surface area contributed by atoms with Gasteiger partial charge in [-0.15, -0.1) is 0 Å². The first-order chi connectivity index (χ1) is 11.0. The zero-order valence-electron chi connectivity index (χ0n) is 11.8. The van der Waals surface area contributed by atoms with Crippen LogP contribution >= 0.6 is 15.9 Å². The Bertz CT molecular complexity index is 904. The Kier molecular flexibility index (Phi) is 4.03. The van der Waals surface area contributed by atoms with E-state index in [4.69, 9.17) is 0 Å². The molecule has 0 radical (unpaired) electrons. The van der Waals surface area contributed by atoms with Crippen molar-refractivity contribution < 1.29 is 14.7 Å². The van der Waals surface area contributed by atoms with Crippen LogP contribution in [0.25, 0.3) is 10.8 Å². The van der Waals surface area contributed by atoms with Crippen molar-refractivity contribution in [3.05, 3.63) is 64.4 Å². The van der Waals surface area contributed by atoms with Gasteiger partial charge in [0.05, 0.1) is 5.56 Å². The summed E-state index contributed by atoms with van der Waals surface area (Å²) in [7, 11) is 0. The number of hydrazine groups is 1. The molecular formula is C16H12BrN3O3. The number of aromatic amines is 1. The second-order valence-electron chi connectivity index (χ2n) is 4.86. The summed E-state index contributed by atoms with van der Waals surface area (Å²) in [6.45, 7) is 0. The predicted octanol–water partition coefficient (Wildman–Crippen LogP) is 2.71. The van der Waals surface area contributed by atoms with Crippen molar-refractivity contribution in [3.8, 4) is 5.75 Å². The number of hydrogen-bond acceptors (Lipinski definition) is 3. The van der Waals surface area contributed by atoms with E-state index in [1.54, 1.807) is 18.3 Å². The third-order valence-electron chi connectivity index (χ3n) is 3.29. The van der Waals surface area contributed by atoms with Crippen LogP contribution < -0.4 is 10.9 Å². The number of amides is 2. The average Bonchev–Trinajstić information content (AvgIpc) is 2.98. The molecule has 0 fully saturated rings. The van der Waals surface area contributed by atoms with Gasteiger partial charge < -0.3 is 10.1 Å². The minimum absolute atomic E-state index is 0.0802. The van der Waals surface area contributed by atoms with E-state index >= 15 is 0 Å². The minimum Gasteiger partial charge on any atom is -0.507 e. The Morgan fingerprint density at radius 2 is 1.65 bits per heavy atom. The maximum absolute atomic E-state index is 12.1. The molecule has 3 rings (SSSR count). The highest BCUT2D eigenvalue weighted by molar-refractivity contribution is 9.10. The van der Waals surface area contributed by atoms with Crippen LogP contribution in [0.15, 0.2) is 53.1 Å². The molecule has 0 bridgehead atoms. The molecule has 7 heteroatoms. The lowest BCUT2D eigenvalue weighted by atomic mass is 10.1. The summed E-state index contributed by atoms with van der Waals surface area (Å²) in [5.74, 6) is -1.25. The number of H-pyrrole nitrogens is 1. The van der Waals surface area contributed by atoms with Crippen LogP contribution in [0.1, 0.15) is 20.8 Å². The molecule has 2 aromatic carbocycles. The molecule has 0 aliphatic rings. The molecule has 1 aromatic heterocycles. The number of rotatable bonds is 2. The first-order valence-corrected chi connectivity index (χ1v) is 7.50. The van der Waals surface area contributed by atoms with Crippen molar-refractivity contribution in [3.63, 3.8) is 0 Å². The van der Waals surface area contributed by atoms with E-state index in [0.29, 0.717) is 5.69 Å². The molecule has 0 saturated heterocycles. The van der Waals surface area contributed by atoms with Gasteiger partial charge in [-0.3, -0.25) is 20.4 Å². The molecule has 3 aromatic rings. The molecule has 1 heterocycles. The van der Waals surface area contributed by atoms with Gasteiger partial charge in [0.2, 0.25) is 0 Å². The van der Waals surface area contributed by atoms with Crippen LogP contribution in [0.3, 0.4) is 0 Å². The van der Waals surface area contributed by atoms with Crippen LogP contribution in [0, 0.1) is 0 Å². The summed E-state index contributed by atoms with van der Waals surface area (Å²) >= 11 is 3.22. The van der Waals surface area contributed by atoms with Gasteiger partial charge in [-0.1, -0.05) is 24.3 Å². The average molecular weight is 374 g/mol. The topological polar surface area (TPSA) is 94.2 Å². The monoisotopic (exact) mass is 373 g/mol. The third-order valence-corrected chi connectivity index (χ3v) is 3.75. The summed E-state index contributed by atoms with van der Waals surface area (Å²) in [6, 6.07) is 12.0. The second kappa shape index (κ2) is 6.13. The molecule has 0 aliphatic heterocycles. The van der Waals surface area contributed by atoms with Crippen molar-refractivity contribution in [2.75, 3.05) is 0 Å². The number of benzene rings is 2. The molecule has 0 saturated carbocycles. The Hall–Kier alpha value is -2.80. The molecule has 23 heavy (non-hydrogen) atoms. The van der Waals surface area contributed by atoms with Crippen LogP contribution in [-0.4, -0.2) is 21.9 Å². The van der Waals surface area contributed by atoms with Gasteiger partial charge in [0.15, 0.2) is 0 Å². The first-order valence-electron chi connectivity index (χ1n) is 6.71. The van der Waals surface area contributed by atoms with E-state index in [9.17, 15) is 14.7 Å². The lowest BCUT2D eigenvalue weighted by Gasteiger charge is -2.09. The van der Waals surface area contributed by atoms with E-state index in [1.165, 1.54) is 6.07 Å². The zero-order valence-corrected chi connectivity index (χ0v) is 13.3. The number of halogens is 1. The standard InChI is InChI=1S/C16H12BrN3O3/c17-11-7-13(18-8-11)16(23)20-19-15(22)12-5-9-3-1-2-4-10(9)6-14(12)21/h1-8,18,21H,(H,19,22)(H,20,23). The number of phenolic OH excluding ortho intramolecular Hbond substituents is 1. The molecule has 0 spiro atoms. The maximum Gasteiger partial charge on any atom is 0.286 e. The number of carbonyl (C=O) groups is 2. The van der Waals surface area contributed by atoms with Gasteiger partial charge in [0.1, 0.15) is 11.4 Å². The Labute approximate surface area is 139 Å². The van der Waals surface area contributed by atoms with Gasteiger partial charge >= 0.3 is 0 Å². The molecule has 2 amide bonds. The zero-order chi connectivity index (χ0) is 16.4. The molecule has 4 N–H and O–H groups in total. The molecule has 0 aliphatic carbocycles. The number of nitrogens with one attached hydrogen (secondary N) is 3. The van der Waals surface area contributed by atoms with E-state index in [1.807, 2.05) is 24.3 Å². The summed E-state index contributed by atoms with van der Waals surface area (Å²) in [5, 5.41) is 11.6. The summed E-state index contributed by atoms with van der Waals surface area (Å²) in [5.41, 5.74) is 4.93. The number of phenols is 1. The Morgan fingerprint density at radius 3 is 2.30 bits per heavy atom. The lowest BCUT2D eigenvalue weighted by molar-refractivity contribution is 0.0842. The normalized spacial score (nSPS) is 10.5. The van der Waals surface area contributed by atoms with Crippen molar-refractivity contribution in [2.24, 2.45) is 0 Å². The highest BCUT2D eigenvalue weighted by atomic mass is 79.9. The van der Waals surface area contributed by atoms with Crippen LogP contribution in [-0.2, 0) is 0 Å². The fourth-order valence-corrected chi connectivity index (χ4v) is 2.50. The highest BCUT2D eigenvalue weighted by Crippen LogP contribution is 2.24. The number of aromatic nitrogens is 1. The van der Waals surface area contributed by atoms with Gasteiger partial charge in [-0.05, 0) is 44.9 Å². The van der Waals surface area contributed by atoms with Gasteiger partial charge in [0.25, 0.3) is 11.8 Å². The number of fused-ring (bicyclic) bond motifs is 1. The third kappa shape index (κ3) is 3.19. The second-order valence-corrected chi connectivity index (χ2v) is 5.77. The van der Waals surface area contributed by atoms with Gasteiger partial charge in [-0.2, -0.15) is 0 Å². The molecular weight excluding hydrogens is 362 g/mol. The smallest absolute Gasteiger partial charge is 0.286 e. The highest BCUT2D eigenvalue weighted by Gasteiger charge is 2.14. The lowest BCUT2D eigenvalue weighted by Crippen LogP contribution is -2.41. The quantitative estimate of drug-likeness (QED) is 0.520. The first kappa shape index (κ1) is 15.1. The molecule has 0 atom stereocenters. The summed E-state index contributed by atoms with van der Waals surface area (Å²) in [4.78, 5) is 26.7. The van der Waals surface area contributed by atoms with Crippen LogP contribution in [0.2, 0.25) is 0 Å². The van der Waals surface area contributed by atoms with E-state index in [0.717, 1.165) is 15.2 Å². The molecule has 116 valence electrons. The van der Waals surface area contributed by atoms with Crippen LogP contribution in [0.4, 0.5) is 0 Å². The van der Waals surface area contributed by atoms with Gasteiger partial charge in [0, 0.05) is 10.7 Å².